The molecule has 0 atom stereocenters. The van der Waals surface area contributed by atoms with Crippen LogP contribution in [0.3, 0.4) is 0 Å². The molecule has 1 aliphatic carbocycles. The van der Waals surface area contributed by atoms with Gasteiger partial charge in [0.1, 0.15) is 0 Å². The Bertz CT molecular complexity index is 1050. The minimum absolute atomic E-state index is 0.0759. The Labute approximate surface area is 163 Å². The van der Waals surface area contributed by atoms with Crippen molar-refractivity contribution in [3.8, 4) is 0 Å². The number of carbonyl (C=O) groups is 2. The van der Waals surface area contributed by atoms with Gasteiger partial charge in [0.2, 0.25) is 0 Å². The summed E-state index contributed by atoms with van der Waals surface area (Å²) in [6.07, 6.45) is 3.83. The van der Waals surface area contributed by atoms with E-state index >= 15 is 0 Å². The first-order valence-electron chi connectivity index (χ1n) is 9.49. The van der Waals surface area contributed by atoms with Crippen molar-refractivity contribution in [1.82, 2.24) is 20.1 Å². The van der Waals surface area contributed by atoms with Crippen LogP contribution in [0.1, 0.15) is 59.1 Å². The Kier molecular flexibility index (Phi) is 4.58. The van der Waals surface area contributed by atoms with E-state index in [4.69, 9.17) is 0 Å². The van der Waals surface area contributed by atoms with Gasteiger partial charge in [0.15, 0.2) is 5.65 Å². The van der Waals surface area contributed by atoms with Crippen LogP contribution < -0.4 is 10.6 Å². The first-order valence-corrected chi connectivity index (χ1v) is 9.49. The van der Waals surface area contributed by atoms with Crippen molar-refractivity contribution in [3.05, 3.63) is 53.3 Å². The van der Waals surface area contributed by atoms with Crippen LogP contribution >= 0.6 is 0 Å². The summed E-state index contributed by atoms with van der Waals surface area (Å²) < 4.78 is 1.84. The highest BCUT2D eigenvalue weighted by atomic mass is 16.2. The number of amides is 2. The van der Waals surface area contributed by atoms with E-state index in [0.29, 0.717) is 28.6 Å². The predicted molar refractivity (Wildman–Crippen MR) is 108 cm³/mol. The van der Waals surface area contributed by atoms with E-state index in [9.17, 15) is 9.59 Å². The molecule has 1 fully saturated rings. The molecule has 7 nitrogen and oxygen atoms in total. The first kappa shape index (κ1) is 18.2. The molecule has 3 aromatic rings. The minimum atomic E-state index is -0.237. The number of aromatic nitrogens is 3. The Hall–Kier alpha value is -3.22. The van der Waals surface area contributed by atoms with Gasteiger partial charge in [0, 0.05) is 28.7 Å². The van der Waals surface area contributed by atoms with Crippen molar-refractivity contribution in [2.75, 3.05) is 5.32 Å². The fraction of sp³-hybridized carbons (Fsp3) is 0.333. The standard InChI is InChI=1S/C21H23N5O2/c1-12(2)26-19-15(11-22-26)10-18(13(3)23-19)21(28)25-16-6-4-14(5-7-16)20(27)24-17-8-9-17/h4-7,10-12,17H,8-9H2,1-3H3,(H,24,27)(H,25,28). The first-order chi connectivity index (χ1) is 13.4. The van der Waals surface area contributed by atoms with Gasteiger partial charge in [-0.2, -0.15) is 5.10 Å². The zero-order chi connectivity index (χ0) is 19.8. The molecule has 2 heterocycles. The molecule has 7 heteroatoms. The molecular weight excluding hydrogens is 354 g/mol. The number of anilines is 1. The van der Waals surface area contributed by atoms with Gasteiger partial charge in [-0.3, -0.25) is 9.59 Å². The molecule has 0 saturated heterocycles. The van der Waals surface area contributed by atoms with Crippen LogP contribution in [0.5, 0.6) is 0 Å². The van der Waals surface area contributed by atoms with Gasteiger partial charge in [-0.15, -0.1) is 0 Å². The molecule has 2 amide bonds. The molecule has 2 aromatic heterocycles. The van der Waals surface area contributed by atoms with E-state index in [0.717, 1.165) is 23.9 Å². The largest absolute Gasteiger partial charge is 0.349 e. The number of pyridine rings is 1. The topological polar surface area (TPSA) is 88.9 Å². The third kappa shape index (κ3) is 3.60. The van der Waals surface area contributed by atoms with E-state index in [1.807, 2.05) is 31.5 Å². The molecule has 0 aliphatic heterocycles. The van der Waals surface area contributed by atoms with E-state index < -0.39 is 0 Å². The van der Waals surface area contributed by atoms with Gasteiger partial charge in [0.05, 0.1) is 17.5 Å². The summed E-state index contributed by atoms with van der Waals surface area (Å²) in [6.45, 7) is 5.90. The Morgan fingerprint density at radius 2 is 1.86 bits per heavy atom. The predicted octanol–water partition coefficient (Wildman–Crippen LogP) is 3.47. The number of nitrogens with zero attached hydrogens (tertiary/aromatic N) is 3. The van der Waals surface area contributed by atoms with Gasteiger partial charge in [0.25, 0.3) is 11.8 Å². The lowest BCUT2D eigenvalue weighted by Gasteiger charge is -2.10. The number of carbonyl (C=O) groups excluding carboxylic acids is 2. The van der Waals surface area contributed by atoms with Crippen LogP contribution in [0.25, 0.3) is 11.0 Å². The number of benzene rings is 1. The maximum Gasteiger partial charge on any atom is 0.257 e. The van der Waals surface area contributed by atoms with E-state index in [1.54, 1.807) is 30.5 Å². The molecule has 0 bridgehead atoms. The van der Waals surface area contributed by atoms with Crippen molar-refractivity contribution >= 4 is 28.5 Å². The number of nitrogens with one attached hydrogen (secondary N) is 2. The molecule has 0 radical (unpaired) electrons. The normalized spacial score (nSPS) is 13.7. The monoisotopic (exact) mass is 377 g/mol. The van der Waals surface area contributed by atoms with E-state index in [1.165, 1.54) is 0 Å². The lowest BCUT2D eigenvalue weighted by Crippen LogP contribution is -2.25. The summed E-state index contributed by atoms with van der Waals surface area (Å²) in [6, 6.07) is 9.23. The average molecular weight is 377 g/mol. The highest BCUT2D eigenvalue weighted by Gasteiger charge is 2.23. The van der Waals surface area contributed by atoms with Crippen LogP contribution in [0.2, 0.25) is 0 Å². The molecule has 144 valence electrons. The summed E-state index contributed by atoms with van der Waals surface area (Å²) in [7, 11) is 0. The van der Waals surface area contributed by atoms with Crippen LogP contribution in [0.15, 0.2) is 36.5 Å². The molecule has 28 heavy (non-hydrogen) atoms. The molecule has 1 aliphatic rings. The zero-order valence-electron chi connectivity index (χ0n) is 16.2. The summed E-state index contributed by atoms with van der Waals surface area (Å²) in [5.41, 5.74) is 3.14. The molecule has 0 unspecified atom stereocenters. The molecular formula is C21H23N5O2. The second-order valence-electron chi connectivity index (χ2n) is 7.50. The van der Waals surface area contributed by atoms with Gasteiger partial charge in [-0.1, -0.05) is 0 Å². The Morgan fingerprint density at radius 3 is 2.50 bits per heavy atom. The fourth-order valence-electron chi connectivity index (χ4n) is 3.07. The van der Waals surface area contributed by atoms with Gasteiger partial charge < -0.3 is 10.6 Å². The molecule has 1 saturated carbocycles. The van der Waals surface area contributed by atoms with Gasteiger partial charge in [-0.05, 0) is 63.9 Å². The zero-order valence-corrected chi connectivity index (χ0v) is 16.2. The van der Waals surface area contributed by atoms with Crippen LogP contribution in [-0.4, -0.2) is 32.6 Å². The molecule has 1 aromatic carbocycles. The third-order valence-corrected chi connectivity index (χ3v) is 4.81. The van der Waals surface area contributed by atoms with Crippen molar-refractivity contribution in [2.24, 2.45) is 0 Å². The minimum Gasteiger partial charge on any atom is -0.349 e. The number of fused-ring (bicyclic) bond motifs is 1. The molecule has 4 rings (SSSR count). The Morgan fingerprint density at radius 1 is 1.14 bits per heavy atom. The van der Waals surface area contributed by atoms with Crippen molar-refractivity contribution in [1.29, 1.82) is 0 Å². The smallest absolute Gasteiger partial charge is 0.257 e. The molecule has 2 N–H and O–H groups in total. The summed E-state index contributed by atoms with van der Waals surface area (Å²) >= 11 is 0. The van der Waals surface area contributed by atoms with Crippen molar-refractivity contribution < 1.29 is 9.59 Å². The van der Waals surface area contributed by atoms with E-state index in [-0.39, 0.29) is 17.9 Å². The molecule has 0 spiro atoms. The lowest BCUT2D eigenvalue weighted by atomic mass is 10.1. The number of hydrogen-bond acceptors (Lipinski definition) is 4. The van der Waals surface area contributed by atoms with Crippen molar-refractivity contribution in [3.63, 3.8) is 0 Å². The third-order valence-electron chi connectivity index (χ3n) is 4.81. The second kappa shape index (κ2) is 7.07. The number of hydrogen-bond donors (Lipinski definition) is 2. The average Bonchev–Trinajstić information content (AvgIpc) is 3.38. The number of rotatable bonds is 5. The highest BCUT2D eigenvalue weighted by Crippen LogP contribution is 2.21. The summed E-state index contributed by atoms with van der Waals surface area (Å²) in [4.78, 5) is 29.4. The fourth-order valence-corrected chi connectivity index (χ4v) is 3.07. The lowest BCUT2D eigenvalue weighted by molar-refractivity contribution is 0.0950. The maximum atomic E-state index is 12.7. The summed E-state index contributed by atoms with van der Waals surface area (Å²) in [5, 5.41) is 11.0. The van der Waals surface area contributed by atoms with E-state index in [2.05, 4.69) is 20.7 Å². The SMILES string of the molecule is Cc1nc2c(cnn2C(C)C)cc1C(=O)Nc1ccc(C(=O)NC2CC2)cc1. The second-order valence-corrected chi connectivity index (χ2v) is 7.50. The quantitative estimate of drug-likeness (QED) is 0.713. The van der Waals surface area contributed by atoms with Gasteiger partial charge >= 0.3 is 0 Å². The Balaban J connectivity index is 1.51. The van der Waals surface area contributed by atoms with Gasteiger partial charge in [-0.25, -0.2) is 9.67 Å². The maximum absolute atomic E-state index is 12.7. The van der Waals surface area contributed by atoms with Crippen LogP contribution in [0, 0.1) is 6.92 Å². The van der Waals surface area contributed by atoms with Crippen LogP contribution in [0.4, 0.5) is 5.69 Å². The summed E-state index contributed by atoms with van der Waals surface area (Å²) in [5.74, 6) is -0.313. The number of aryl methyl sites for hydroxylation is 1. The van der Waals surface area contributed by atoms with Crippen molar-refractivity contribution in [2.45, 2.75) is 45.7 Å². The highest BCUT2D eigenvalue weighted by molar-refractivity contribution is 6.06. The van der Waals surface area contributed by atoms with Crippen LogP contribution in [-0.2, 0) is 0 Å².